The second-order valence-corrected chi connectivity index (χ2v) is 2.02. The van der Waals surface area contributed by atoms with Gasteiger partial charge in [0.2, 0.25) is 11.9 Å². The number of nitrogens with one attached hydrogen (secondary N) is 2. The van der Waals surface area contributed by atoms with E-state index in [2.05, 4.69) is 15.6 Å². The molecular formula is C5H8N4O2. The molecule has 1 aliphatic heterocycles. The second kappa shape index (κ2) is 3.00. The summed E-state index contributed by atoms with van der Waals surface area (Å²) in [5, 5.41) is 4.52. The second-order valence-electron chi connectivity index (χ2n) is 2.02. The summed E-state index contributed by atoms with van der Waals surface area (Å²) in [7, 11) is 0. The minimum atomic E-state index is -0.731. The predicted octanol–water partition coefficient (Wildman–Crippen LogP) is -1.47. The van der Waals surface area contributed by atoms with Crippen molar-refractivity contribution in [1.82, 2.24) is 10.6 Å². The van der Waals surface area contributed by atoms with E-state index in [1.54, 1.807) is 0 Å². The first-order chi connectivity index (χ1) is 5.18. The molecule has 6 nitrogen and oxygen atoms in total. The number of urea groups is 1. The Hall–Kier alpha value is -1.59. The Balaban J connectivity index is 2.51. The molecule has 0 aromatic carbocycles. The molecule has 0 radical (unpaired) electrons. The summed E-state index contributed by atoms with van der Waals surface area (Å²) in [6.07, 6.45) is 0.351. The van der Waals surface area contributed by atoms with Gasteiger partial charge in [-0.15, -0.1) is 0 Å². The van der Waals surface area contributed by atoms with Gasteiger partial charge in [0.25, 0.3) is 0 Å². The molecular weight excluding hydrogens is 148 g/mol. The van der Waals surface area contributed by atoms with Crippen LogP contribution in [0.15, 0.2) is 4.99 Å². The van der Waals surface area contributed by atoms with E-state index in [1.807, 2.05) is 0 Å². The summed E-state index contributed by atoms with van der Waals surface area (Å²) in [6.45, 7) is 0.390. The molecule has 1 aliphatic rings. The summed E-state index contributed by atoms with van der Waals surface area (Å²) >= 11 is 0. The van der Waals surface area contributed by atoms with Crippen molar-refractivity contribution in [3.8, 4) is 0 Å². The number of nitrogens with zero attached hydrogens (tertiary/aromatic N) is 1. The molecule has 0 aliphatic carbocycles. The number of guanidine groups is 1. The highest BCUT2D eigenvalue weighted by Crippen LogP contribution is 1.88. The molecule has 3 amide bonds. The maximum Gasteiger partial charge on any atom is 0.318 e. The van der Waals surface area contributed by atoms with Crippen molar-refractivity contribution >= 4 is 17.9 Å². The lowest BCUT2D eigenvalue weighted by molar-refractivity contribution is -0.119. The Kier molecular flexibility index (Phi) is 2.05. The lowest BCUT2D eigenvalue weighted by atomic mass is 10.4. The van der Waals surface area contributed by atoms with Crippen LogP contribution in [0.1, 0.15) is 6.42 Å². The molecule has 0 fully saturated rings. The van der Waals surface area contributed by atoms with Crippen LogP contribution in [0.3, 0.4) is 0 Å². The highest BCUT2D eigenvalue weighted by atomic mass is 16.2. The first kappa shape index (κ1) is 7.52. The van der Waals surface area contributed by atoms with Crippen molar-refractivity contribution in [2.45, 2.75) is 6.42 Å². The SMILES string of the molecule is NC(=O)NC1=NCCC(=O)N1. The average molecular weight is 156 g/mol. The van der Waals surface area contributed by atoms with Gasteiger partial charge in [-0.1, -0.05) is 0 Å². The van der Waals surface area contributed by atoms with Gasteiger partial charge in [-0.25, -0.2) is 4.79 Å². The molecule has 0 aromatic heterocycles. The zero-order valence-corrected chi connectivity index (χ0v) is 5.76. The third-order valence-corrected chi connectivity index (χ3v) is 1.11. The molecule has 4 N–H and O–H groups in total. The van der Waals surface area contributed by atoms with Crippen LogP contribution in [-0.4, -0.2) is 24.4 Å². The fraction of sp³-hybridized carbons (Fsp3) is 0.400. The molecule has 0 spiro atoms. The summed E-state index contributed by atoms with van der Waals surface area (Å²) in [6, 6.07) is -0.731. The van der Waals surface area contributed by atoms with Crippen molar-refractivity contribution in [1.29, 1.82) is 0 Å². The van der Waals surface area contributed by atoms with E-state index in [9.17, 15) is 9.59 Å². The van der Waals surface area contributed by atoms with Crippen LogP contribution in [0, 0.1) is 0 Å². The molecule has 1 heterocycles. The van der Waals surface area contributed by atoms with Gasteiger partial charge in [-0.2, -0.15) is 0 Å². The third kappa shape index (κ3) is 2.24. The van der Waals surface area contributed by atoms with Crippen LogP contribution in [0.2, 0.25) is 0 Å². The van der Waals surface area contributed by atoms with Crippen LogP contribution in [-0.2, 0) is 4.79 Å². The first-order valence-corrected chi connectivity index (χ1v) is 3.09. The highest BCUT2D eigenvalue weighted by Gasteiger charge is 2.11. The van der Waals surface area contributed by atoms with Gasteiger partial charge in [-0.3, -0.25) is 20.4 Å². The largest absolute Gasteiger partial charge is 0.351 e. The fourth-order valence-electron chi connectivity index (χ4n) is 0.691. The molecule has 0 aromatic rings. The van der Waals surface area contributed by atoms with E-state index in [0.29, 0.717) is 13.0 Å². The number of nitrogens with two attached hydrogens (primary N) is 1. The molecule has 6 heteroatoms. The molecule has 0 bridgehead atoms. The molecule has 60 valence electrons. The van der Waals surface area contributed by atoms with Crippen molar-refractivity contribution in [2.75, 3.05) is 6.54 Å². The number of rotatable bonds is 0. The fourth-order valence-corrected chi connectivity index (χ4v) is 0.691. The highest BCUT2D eigenvalue weighted by molar-refractivity contribution is 6.04. The van der Waals surface area contributed by atoms with Gasteiger partial charge in [0.15, 0.2) is 0 Å². The molecule has 11 heavy (non-hydrogen) atoms. The summed E-state index contributed by atoms with van der Waals surface area (Å²) in [4.78, 5) is 24.7. The number of carbonyl (C=O) groups excluding carboxylic acids is 2. The normalized spacial score (nSPS) is 16.7. The number of hydrogen-bond acceptors (Lipinski definition) is 3. The van der Waals surface area contributed by atoms with Crippen molar-refractivity contribution in [2.24, 2.45) is 10.7 Å². The average Bonchev–Trinajstić information content (AvgIpc) is 1.85. The van der Waals surface area contributed by atoms with E-state index < -0.39 is 6.03 Å². The van der Waals surface area contributed by atoms with Gasteiger partial charge >= 0.3 is 6.03 Å². The van der Waals surface area contributed by atoms with Crippen molar-refractivity contribution in [3.63, 3.8) is 0 Å². The minimum absolute atomic E-state index is 0.133. The maximum atomic E-state index is 10.7. The Morgan fingerprint density at radius 1 is 1.73 bits per heavy atom. The van der Waals surface area contributed by atoms with Gasteiger partial charge in [0.1, 0.15) is 0 Å². The van der Waals surface area contributed by atoms with Crippen LogP contribution in [0.25, 0.3) is 0 Å². The van der Waals surface area contributed by atoms with Crippen LogP contribution in [0.5, 0.6) is 0 Å². The van der Waals surface area contributed by atoms with Crippen LogP contribution in [0.4, 0.5) is 4.79 Å². The topological polar surface area (TPSA) is 96.6 Å². The van der Waals surface area contributed by atoms with Crippen molar-refractivity contribution in [3.05, 3.63) is 0 Å². The number of aliphatic imine (C=N–C) groups is 1. The Morgan fingerprint density at radius 3 is 3.00 bits per heavy atom. The van der Waals surface area contributed by atoms with Gasteiger partial charge in [0.05, 0.1) is 6.54 Å². The van der Waals surface area contributed by atoms with E-state index in [1.165, 1.54) is 0 Å². The van der Waals surface area contributed by atoms with Crippen LogP contribution < -0.4 is 16.4 Å². The lowest BCUT2D eigenvalue weighted by Crippen LogP contribution is -2.48. The molecule has 1 rings (SSSR count). The Morgan fingerprint density at radius 2 is 2.45 bits per heavy atom. The van der Waals surface area contributed by atoms with Crippen LogP contribution >= 0.6 is 0 Å². The van der Waals surface area contributed by atoms with Gasteiger partial charge < -0.3 is 5.73 Å². The summed E-state index contributed by atoms with van der Waals surface area (Å²) in [5.41, 5.74) is 4.79. The third-order valence-electron chi connectivity index (χ3n) is 1.11. The summed E-state index contributed by atoms with van der Waals surface area (Å²) in [5.74, 6) is -0.0301. The number of carbonyl (C=O) groups is 2. The monoisotopic (exact) mass is 156 g/mol. The van der Waals surface area contributed by atoms with Gasteiger partial charge in [-0.05, 0) is 0 Å². The Labute approximate surface area is 62.9 Å². The quantitative estimate of drug-likeness (QED) is 0.399. The zero-order chi connectivity index (χ0) is 8.27. The molecule has 0 atom stereocenters. The number of primary amides is 1. The van der Waals surface area contributed by atoms with Crippen molar-refractivity contribution < 1.29 is 9.59 Å². The first-order valence-electron chi connectivity index (χ1n) is 3.09. The Bertz CT molecular complexity index is 223. The number of hydrogen-bond donors (Lipinski definition) is 3. The lowest BCUT2D eigenvalue weighted by Gasteiger charge is -2.11. The smallest absolute Gasteiger partial charge is 0.318 e. The molecule has 0 saturated heterocycles. The van der Waals surface area contributed by atoms with Gasteiger partial charge in [0, 0.05) is 6.42 Å². The van der Waals surface area contributed by atoms with E-state index in [4.69, 9.17) is 5.73 Å². The van der Waals surface area contributed by atoms with E-state index in [-0.39, 0.29) is 11.9 Å². The minimum Gasteiger partial charge on any atom is -0.351 e. The van der Waals surface area contributed by atoms with E-state index >= 15 is 0 Å². The predicted molar refractivity (Wildman–Crippen MR) is 37.8 cm³/mol. The molecule has 0 unspecified atom stereocenters. The standard InChI is InChI=1S/C5H8N4O2/c6-4(11)9-5-7-2-1-3(10)8-5/h1-2H2,(H4,6,7,8,9,10,11). The number of amides is 3. The zero-order valence-electron chi connectivity index (χ0n) is 5.76. The molecule has 0 saturated carbocycles. The van der Waals surface area contributed by atoms with E-state index in [0.717, 1.165) is 0 Å². The maximum absolute atomic E-state index is 10.7. The summed E-state index contributed by atoms with van der Waals surface area (Å²) < 4.78 is 0.